The molecule has 0 spiro atoms. The molecule has 1 unspecified atom stereocenters. The van der Waals surface area contributed by atoms with Gasteiger partial charge in [-0.2, -0.15) is 0 Å². The van der Waals surface area contributed by atoms with E-state index in [-0.39, 0.29) is 55.5 Å². The monoisotopic (exact) mass is 455 g/mol. The third kappa shape index (κ3) is 6.04. The Balaban J connectivity index is 0.00000225. The number of rotatable bonds is 7. The molecular weight excluding hydrogens is 429 g/mol. The summed E-state index contributed by atoms with van der Waals surface area (Å²) < 4.78 is 1.93. The van der Waals surface area contributed by atoms with Crippen molar-refractivity contribution in [3.8, 4) is 0 Å². The number of halogens is 2. The molecule has 1 aliphatic heterocycles. The second-order valence-corrected chi connectivity index (χ2v) is 7.29. The minimum absolute atomic E-state index is 0. The molecule has 2 aromatic rings. The highest BCUT2D eigenvalue weighted by molar-refractivity contribution is 6.07. The number of carbonyl (C=O) groups excluding carboxylic acids is 3. The molecule has 3 N–H and O–H groups in total. The summed E-state index contributed by atoms with van der Waals surface area (Å²) in [5.74, 6) is -1.12. The van der Waals surface area contributed by atoms with E-state index in [2.05, 4.69) is 10.3 Å². The van der Waals surface area contributed by atoms with Crippen LogP contribution in [0.1, 0.15) is 31.5 Å². The first-order valence-corrected chi connectivity index (χ1v) is 9.31. The summed E-state index contributed by atoms with van der Waals surface area (Å²) in [7, 11) is 0. The van der Waals surface area contributed by atoms with Gasteiger partial charge in [0, 0.05) is 25.2 Å². The Morgan fingerprint density at radius 3 is 2.50 bits per heavy atom. The van der Waals surface area contributed by atoms with E-state index in [0.717, 1.165) is 5.56 Å². The van der Waals surface area contributed by atoms with Crippen LogP contribution in [0.4, 0.5) is 0 Å². The van der Waals surface area contributed by atoms with Gasteiger partial charge in [-0.1, -0.05) is 30.3 Å². The third-order valence-corrected chi connectivity index (χ3v) is 4.68. The number of benzene rings is 1. The maximum absolute atomic E-state index is 12.4. The summed E-state index contributed by atoms with van der Waals surface area (Å²) >= 11 is 0. The number of nitrogens with one attached hydrogen (secondary N) is 1. The first-order chi connectivity index (χ1) is 13.3. The Labute approximate surface area is 188 Å². The molecule has 3 rings (SSSR count). The number of imide groups is 1. The highest BCUT2D eigenvalue weighted by atomic mass is 35.5. The Morgan fingerprint density at radius 1 is 1.23 bits per heavy atom. The van der Waals surface area contributed by atoms with Crippen LogP contribution in [-0.2, 0) is 27.3 Å². The zero-order valence-corrected chi connectivity index (χ0v) is 18.5. The SMILES string of the molecule is CC(C)N1C(=O)CC(NC(=O)[C@@H](N)Cc2cn(Cc3ccccc3)cn2)C1=O.Cl.Cl. The van der Waals surface area contributed by atoms with Crippen molar-refractivity contribution in [2.24, 2.45) is 5.73 Å². The number of likely N-dealkylation sites (tertiary alicyclic amines) is 1. The van der Waals surface area contributed by atoms with Crippen LogP contribution < -0.4 is 11.1 Å². The topological polar surface area (TPSA) is 110 Å². The Hall–Kier alpha value is -2.42. The summed E-state index contributed by atoms with van der Waals surface area (Å²) in [6.07, 6.45) is 3.77. The van der Waals surface area contributed by atoms with E-state index in [4.69, 9.17) is 5.73 Å². The molecule has 164 valence electrons. The van der Waals surface area contributed by atoms with E-state index in [1.54, 1.807) is 20.2 Å². The number of aromatic nitrogens is 2. The van der Waals surface area contributed by atoms with E-state index in [1.165, 1.54) is 4.90 Å². The number of hydrogen-bond acceptors (Lipinski definition) is 5. The minimum atomic E-state index is -0.851. The highest BCUT2D eigenvalue weighted by Crippen LogP contribution is 2.16. The van der Waals surface area contributed by atoms with Crippen molar-refractivity contribution >= 4 is 42.5 Å². The summed E-state index contributed by atoms with van der Waals surface area (Å²) in [5, 5.41) is 2.60. The molecule has 0 bridgehead atoms. The number of carbonyl (C=O) groups is 3. The van der Waals surface area contributed by atoms with Gasteiger partial charge >= 0.3 is 0 Å². The Bertz CT molecular complexity index is 872. The van der Waals surface area contributed by atoms with Gasteiger partial charge in [-0.05, 0) is 19.4 Å². The van der Waals surface area contributed by atoms with Crippen LogP contribution >= 0.6 is 24.8 Å². The number of amides is 3. The van der Waals surface area contributed by atoms with Crippen LogP contribution in [0.3, 0.4) is 0 Å². The molecule has 2 atom stereocenters. The Kier molecular flexibility index (Phi) is 9.48. The molecule has 0 saturated carbocycles. The molecule has 10 heteroatoms. The van der Waals surface area contributed by atoms with Crippen molar-refractivity contribution in [2.75, 3.05) is 0 Å². The molecule has 8 nitrogen and oxygen atoms in total. The van der Waals surface area contributed by atoms with E-state index >= 15 is 0 Å². The lowest BCUT2D eigenvalue weighted by Gasteiger charge is -2.19. The largest absolute Gasteiger partial charge is 0.342 e. The fraction of sp³-hybridized carbons (Fsp3) is 0.400. The minimum Gasteiger partial charge on any atom is -0.342 e. The normalized spacial score (nSPS) is 16.8. The second-order valence-electron chi connectivity index (χ2n) is 7.29. The number of nitrogens with two attached hydrogens (primary N) is 1. The van der Waals surface area contributed by atoms with Gasteiger partial charge in [0.1, 0.15) is 6.04 Å². The average molecular weight is 456 g/mol. The number of hydrogen-bond donors (Lipinski definition) is 2. The predicted octanol–water partition coefficient (Wildman–Crippen LogP) is 1.30. The molecule has 3 amide bonds. The van der Waals surface area contributed by atoms with Crippen molar-refractivity contribution < 1.29 is 14.4 Å². The molecule has 1 fully saturated rings. The van der Waals surface area contributed by atoms with Gasteiger partial charge in [0.05, 0.1) is 24.5 Å². The van der Waals surface area contributed by atoms with Gasteiger partial charge < -0.3 is 15.6 Å². The lowest BCUT2D eigenvalue weighted by Crippen LogP contribution is -2.49. The van der Waals surface area contributed by atoms with Crippen LogP contribution in [-0.4, -0.2) is 50.3 Å². The van der Waals surface area contributed by atoms with Crippen molar-refractivity contribution in [3.63, 3.8) is 0 Å². The predicted molar refractivity (Wildman–Crippen MR) is 117 cm³/mol. The second kappa shape index (κ2) is 11.1. The first kappa shape index (κ1) is 25.6. The molecule has 1 saturated heterocycles. The van der Waals surface area contributed by atoms with E-state index in [0.29, 0.717) is 12.2 Å². The zero-order chi connectivity index (χ0) is 20.3. The lowest BCUT2D eigenvalue weighted by molar-refractivity contribution is -0.141. The van der Waals surface area contributed by atoms with Gasteiger partial charge in [-0.25, -0.2) is 4.98 Å². The smallest absolute Gasteiger partial charge is 0.252 e. The molecule has 1 aliphatic rings. The first-order valence-electron chi connectivity index (χ1n) is 9.31. The summed E-state index contributed by atoms with van der Waals surface area (Å²) in [6.45, 7) is 4.20. The van der Waals surface area contributed by atoms with Gasteiger partial charge in [0.2, 0.25) is 11.8 Å². The molecule has 1 aromatic carbocycles. The lowest BCUT2D eigenvalue weighted by atomic mass is 10.1. The quantitative estimate of drug-likeness (QED) is 0.611. The van der Waals surface area contributed by atoms with Crippen LogP contribution in [0, 0.1) is 0 Å². The van der Waals surface area contributed by atoms with Crippen LogP contribution in [0.5, 0.6) is 0 Å². The number of nitrogens with zero attached hydrogens (tertiary/aromatic N) is 3. The van der Waals surface area contributed by atoms with Crippen molar-refractivity contribution in [2.45, 2.75) is 51.4 Å². The summed E-state index contributed by atoms with van der Waals surface area (Å²) in [6, 6.07) is 8.04. The average Bonchev–Trinajstić information content (AvgIpc) is 3.19. The van der Waals surface area contributed by atoms with Crippen LogP contribution in [0.2, 0.25) is 0 Å². The van der Waals surface area contributed by atoms with E-state index < -0.39 is 18.0 Å². The van der Waals surface area contributed by atoms with E-state index in [9.17, 15) is 14.4 Å². The molecule has 2 heterocycles. The highest BCUT2D eigenvalue weighted by Gasteiger charge is 2.41. The van der Waals surface area contributed by atoms with Gasteiger partial charge in [0.15, 0.2) is 0 Å². The molecular formula is C20H27Cl2N5O3. The maximum atomic E-state index is 12.4. The van der Waals surface area contributed by atoms with Gasteiger partial charge in [0.25, 0.3) is 5.91 Å². The Morgan fingerprint density at radius 2 is 1.90 bits per heavy atom. The fourth-order valence-corrected chi connectivity index (χ4v) is 3.30. The summed E-state index contributed by atoms with van der Waals surface area (Å²) in [5.41, 5.74) is 7.83. The van der Waals surface area contributed by atoms with Crippen molar-refractivity contribution in [1.29, 1.82) is 0 Å². The fourth-order valence-electron chi connectivity index (χ4n) is 3.30. The third-order valence-electron chi connectivity index (χ3n) is 4.68. The standard InChI is InChI=1S/C20H25N5O3.2ClH/c1-13(2)25-18(26)9-17(20(25)28)23-19(27)16(21)8-15-11-24(12-22-15)10-14-6-4-3-5-7-14;;/h3-7,11-13,16-17H,8-10,21H2,1-2H3,(H,23,27);2*1H/t16-,17?;;/m0../s1. The van der Waals surface area contributed by atoms with Crippen molar-refractivity contribution in [1.82, 2.24) is 19.8 Å². The van der Waals surface area contributed by atoms with E-state index in [1.807, 2.05) is 41.1 Å². The van der Waals surface area contributed by atoms with Gasteiger partial charge in [-0.15, -0.1) is 24.8 Å². The molecule has 0 aliphatic carbocycles. The maximum Gasteiger partial charge on any atom is 0.252 e. The summed E-state index contributed by atoms with van der Waals surface area (Å²) in [4.78, 5) is 42.1. The number of imidazole rings is 1. The molecule has 30 heavy (non-hydrogen) atoms. The van der Waals surface area contributed by atoms with Crippen LogP contribution in [0.15, 0.2) is 42.9 Å². The zero-order valence-electron chi connectivity index (χ0n) is 16.9. The van der Waals surface area contributed by atoms with Crippen LogP contribution in [0.25, 0.3) is 0 Å². The molecule has 1 aromatic heterocycles. The molecule has 0 radical (unpaired) electrons. The van der Waals surface area contributed by atoms with Gasteiger partial charge in [-0.3, -0.25) is 19.3 Å². The van der Waals surface area contributed by atoms with Crippen molar-refractivity contribution in [3.05, 3.63) is 54.1 Å².